The molecule has 2 atom stereocenters. The molecule has 0 spiro atoms. The van der Waals surface area contributed by atoms with Gasteiger partial charge in [0.2, 0.25) is 5.91 Å². The SMILES string of the molecule is CC(C)(C)OC(=O)N1CC[C@@H]2C[C@H]1C(=O)NCCCNCCCOc1ccc(C3CC3)cc12. The zero-order valence-electron chi connectivity index (χ0n) is 20.3. The topological polar surface area (TPSA) is 79.9 Å². The Kier molecular flexibility index (Phi) is 7.47. The third kappa shape index (κ3) is 6.40. The summed E-state index contributed by atoms with van der Waals surface area (Å²) < 4.78 is 11.9. The van der Waals surface area contributed by atoms with Crippen LogP contribution in [0.3, 0.4) is 0 Å². The summed E-state index contributed by atoms with van der Waals surface area (Å²) >= 11 is 0. The lowest BCUT2D eigenvalue weighted by atomic mass is 9.83. The first kappa shape index (κ1) is 23.9. The fourth-order valence-corrected chi connectivity index (χ4v) is 4.77. The molecule has 2 aliphatic heterocycles. The third-order valence-electron chi connectivity index (χ3n) is 6.64. The van der Waals surface area contributed by atoms with Crippen molar-refractivity contribution in [2.24, 2.45) is 0 Å². The van der Waals surface area contributed by atoms with Crippen molar-refractivity contribution in [3.8, 4) is 5.75 Å². The van der Waals surface area contributed by atoms with Gasteiger partial charge in [-0.25, -0.2) is 4.79 Å². The van der Waals surface area contributed by atoms with Crippen LogP contribution < -0.4 is 15.4 Å². The standard InChI is InChI=1S/C26H39N3O4/c1-26(2,3)33-25(31)29-14-10-20-17-22(29)24(30)28-13-4-11-27-12-5-15-32-23-9-8-19(16-21(20)23)18-6-7-18/h8-9,16,18,20,22,27H,4-7,10-15,17H2,1-3H3,(H,28,30)/t20-,22+/m1/s1. The van der Waals surface area contributed by atoms with Crippen molar-refractivity contribution in [3.05, 3.63) is 29.3 Å². The van der Waals surface area contributed by atoms with Crippen LogP contribution in [-0.4, -0.2) is 61.3 Å². The number of nitrogens with one attached hydrogen (secondary N) is 2. The van der Waals surface area contributed by atoms with Gasteiger partial charge in [0.25, 0.3) is 0 Å². The molecule has 1 aromatic carbocycles. The monoisotopic (exact) mass is 457 g/mol. The molecule has 7 heteroatoms. The third-order valence-corrected chi connectivity index (χ3v) is 6.64. The Morgan fingerprint density at radius 2 is 1.88 bits per heavy atom. The van der Waals surface area contributed by atoms with Gasteiger partial charge in [0.1, 0.15) is 17.4 Å². The Morgan fingerprint density at radius 3 is 2.64 bits per heavy atom. The molecule has 182 valence electrons. The van der Waals surface area contributed by atoms with Gasteiger partial charge >= 0.3 is 6.09 Å². The molecule has 3 aliphatic rings. The highest BCUT2D eigenvalue weighted by Gasteiger charge is 2.39. The Bertz CT molecular complexity index is 846. The lowest BCUT2D eigenvalue weighted by Gasteiger charge is -2.39. The summed E-state index contributed by atoms with van der Waals surface area (Å²) in [6.45, 7) is 9.05. The Labute approximate surface area is 197 Å². The van der Waals surface area contributed by atoms with E-state index in [2.05, 4.69) is 28.8 Å². The molecule has 1 saturated heterocycles. The van der Waals surface area contributed by atoms with E-state index in [4.69, 9.17) is 9.47 Å². The van der Waals surface area contributed by atoms with E-state index in [9.17, 15) is 9.59 Å². The Balaban J connectivity index is 1.61. The van der Waals surface area contributed by atoms with Crippen LogP contribution in [0.25, 0.3) is 0 Å². The molecule has 2 bridgehead atoms. The molecule has 1 saturated carbocycles. The Hall–Kier alpha value is -2.28. The summed E-state index contributed by atoms with van der Waals surface area (Å²) in [5.74, 6) is 1.64. The molecule has 2 fully saturated rings. The van der Waals surface area contributed by atoms with Gasteiger partial charge in [-0.05, 0) is 101 Å². The normalized spacial score (nSPS) is 25.1. The minimum Gasteiger partial charge on any atom is -0.493 e. The van der Waals surface area contributed by atoms with Crippen LogP contribution in [0.4, 0.5) is 4.79 Å². The summed E-state index contributed by atoms with van der Waals surface area (Å²) in [5.41, 5.74) is 1.95. The molecule has 2 heterocycles. The van der Waals surface area contributed by atoms with E-state index < -0.39 is 17.7 Å². The maximum atomic E-state index is 13.2. The van der Waals surface area contributed by atoms with Gasteiger partial charge < -0.3 is 20.1 Å². The minimum absolute atomic E-state index is 0.0961. The van der Waals surface area contributed by atoms with Crippen LogP contribution in [0, 0.1) is 0 Å². The summed E-state index contributed by atoms with van der Waals surface area (Å²) in [7, 11) is 0. The lowest BCUT2D eigenvalue weighted by Crippen LogP contribution is -2.54. The summed E-state index contributed by atoms with van der Waals surface area (Å²) in [5, 5.41) is 6.47. The first-order valence-electron chi connectivity index (χ1n) is 12.6. The van der Waals surface area contributed by atoms with Crippen molar-refractivity contribution in [2.75, 3.05) is 32.8 Å². The van der Waals surface area contributed by atoms with E-state index >= 15 is 0 Å². The lowest BCUT2D eigenvalue weighted by molar-refractivity contribution is -0.127. The second-order valence-corrected chi connectivity index (χ2v) is 10.6. The van der Waals surface area contributed by atoms with Crippen molar-refractivity contribution in [1.82, 2.24) is 15.5 Å². The van der Waals surface area contributed by atoms with Crippen LogP contribution >= 0.6 is 0 Å². The smallest absolute Gasteiger partial charge is 0.410 e. The highest BCUT2D eigenvalue weighted by molar-refractivity contribution is 5.86. The highest BCUT2D eigenvalue weighted by Crippen LogP contribution is 2.44. The number of carbonyl (C=O) groups is 2. The van der Waals surface area contributed by atoms with Gasteiger partial charge in [-0.1, -0.05) is 12.1 Å². The molecule has 0 unspecified atom stereocenters. The highest BCUT2D eigenvalue weighted by atomic mass is 16.6. The predicted molar refractivity (Wildman–Crippen MR) is 128 cm³/mol. The fourth-order valence-electron chi connectivity index (χ4n) is 4.77. The Morgan fingerprint density at radius 1 is 1.09 bits per heavy atom. The molecule has 2 N–H and O–H groups in total. The summed E-state index contributed by atoms with van der Waals surface area (Å²) in [6, 6.07) is 6.06. The molecule has 7 nitrogen and oxygen atoms in total. The number of benzene rings is 1. The number of rotatable bonds is 1. The van der Waals surface area contributed by atoms with Crippen molar-refractivity contribution in [3.63, 3.8) is 0 Å². The zero-order valence-corrected chi connectivity index (χ0v) is 20.3. The van der Waals surface area contributed by atoms with Gasteiger partial charge in [-0.15, -0.1) is 0 Å². The molecule has 4 rings (SSSR count). The van der Waals surface area contributed by atoms with Crippen LogP contribution in [0.15, 0.2) is 18.2 Å². The van der Waals surface area contributed by atoms with Crippen molar-refractivity contribution >= 4 is 12.0 Å². The molecular formula is C26H39N3O4. The zero-order chi connectivity index (χ0) is 23.4. The van der Waals surface area contributed by atoms with Crippen LogP contribution in [0.5, 0.6) is 5.75 Å². The fraction of sp³-hybridized carbons (Fsp3) is 0.692. The van der Waals surface area contributed by atoms with Gasteiger partial charge in [-0.2, -0.15) is 0 Å². The molecule has 1 aliphatic carbocycles. The predicted octanol–water partition coefficient (Wildman–Crippen LogP) is 3.93. The molecule has 0 aromatic heterocycles. The number of fused-ring (bicyclic) bond motifs is 4. The van der Waals surface area contributed by atoms with E-state index in [1.165, 1.54) is 24.0 Å². The van der Waals surface area contributed by atoms with E-state index in [1.54, 1.807) is 4.90 Å². The molecule has 0 radical (unpaired) electrons. The van der Waals surface area contributed by atoms with Crippen molar-refractivity contribution in [1.29, 1.82) is 0 Å². The second-order valence-electron chi connectivity index (χ2n) is 10.6. The number of nitrogens with zero attached hydrogens (tertiary/aromatic N) is 1. The van der Waals surface area contributed by atoms with E-state index in [0.717, 1.165) is 38.1 Å². The summed E-state index contributed by atoms with van der Waals surface area (Å²) in [6.07, 6.45) is 5.23. The molecule has 2 amide bonds. The maximum absolute atomic E-state index is 13.2. The maximum Gasteiger partial charge on any atom is 0.410 e. The van der Waals surface area contributed by atoms with Crippen molar-refractivity contribution in [2.45, 2.75) is 82.8 Å². The molecule has 33 heavy (non-hydrogen) atoms. The van der Waals surface area contributed by atoms with Crippen molar-refractivity contribution < 1.29 is 19.1 Å². The quantitative estimate of drug-likeness (QED) is 0.668. The van der Waals surface area contributed by atoms with E-state index in [0.29, 0.717) is 32.0 Å². The number of amides is 2. The number of hydrogen-bond donors (Lipinski definition) is 2. The first-order chi connectivity index (χ1) is 15.8. The van der Waals surface area contributed by atoms with Crippen LogP contribution in [-0.2, 0) is 9.53 Å². The minimum atomic E-state index is -0.602. The first-order valence-corrected chi connectivity index (χ1v) is 12.6. The van der Waals surface area contributed by atoms with Crippen LogP contribution in [0.2, 0.25) is 0 Å². The van der Waals surface area contributed by atoms with Gasteiger partial charge in [0.05, 0.1) is 6.61 Å². The van der Waals surface area contributed by atoms with Gasteiger partial charge in [-0.3, -0.25) is 9.69 Å². The average Bonchev–Trinajstić information content (AvgIpc) is 3.61. The molecular weight excluding hydrogens is 418 g/mol. The number of ether oxygens (including phenoxy) is 2. The number of carbonyl (C=O) groups excluding carboxylic acids is 2. The second kappa shape index (κ2) is 10.3. The molecule has 1 aromatic rings. The number of likely N-dealkylation sites (tertiary alicyclic amines) is 1. The van der Waals surface area contributed by atoms with Crippen LogP contribution in [0.1, 0.15) is 82.3 Å². The largest absolute Gasteiger partial charge is 0.493 e. The number of piperidine rings is 1. The van der Waals surface area contributed by atoms with E-state index in [1.807, 2.05) is 20.8 Å². The van der Waals surface area contributed by atoms with Gasteiger partial charge in [0, 0.05) is 13.1 Å². The number of hydrogen-bond acceptors (Lipinski definition) is 5. The summed E-state index contributed by atoms with van der Waals surface area (Å²) in [4.78, 5) is 27.8. The van der Waals surface area contributed by atoms with E-state index in [-0.39, 0.29) is 11.8 Å². The van der Waals surface area contributed by atoms with Gasteiger partial charge in [0.15, 0.2) is 0 Å². The average molecular weight is 458 g/mol.